The Morgan fingerprint density at radius 2 is 1.89 bits per heavy atom. The summed E-state index contributed by atoms with van der Waals surface area (Å²) in [5, 5.41) is 15.5. The number of halogens is 2. The smallest absolute Gasteiger partial charge is 0.278 e. The number of hydrogen-bond acceptors (Lipinski definition) is 6. The number of nitro groups is 1. The van der Waals surface area contributed by atoms with Gasteiger partial charge < -0.3 is 4.84 Å². The molecule has 2 aliphatic heterocycles. The Hall–Kier alpha value is -2.97. The van der Waals surface area contributed by atoms with E-state index in [1.807, 2.05) is 0 Å². The number of rotatable bonds is 3. The van der Waals surface area contributed by atoms with Crippen molar-refractivity contribution in [2.24, 2.45) is 11.1 Å². The summed E-state index contributed by atoms with van der Waals surface area (Å²) < 4.78 is 0. The molecule has 2 aromatic rings. The third-order valence-corrected chi connectivity index (χ3v) is 4.87. The zero-order valence-electron chi connectivity index (χ0n) is 13.3. The summed E-state index contributed by atoms with van der Waals surface area (Å²) in [7, 11) is 0. The highest BCUT2D eigenvalue weighted by Gasteiger charge is 2.56. The van der Waals surface area contributed by atoms with Crippen molar-refractivity contribution < 1.29 is 19.3 Å². The topological polar surface area (TPSA) is 102 Å². The first-order valence-corrected chi connectivity index (χ1v) is 8.45. The van der Waals surface area contributed by atoms with Crippen LogP contribution in [-0.4, -0.2) is 28.6 Å². The Labute approximate surface area is 162 Å². The number of amides is 2. The third kappa shape index (κ3) is 2.73. The molecule has 2 heterocycles. The van der Waals surface area contributed by atoms with E-state index in [1.54, 1.807) is 12.1 Å². The lowest BCUT2D eigenvalue weighted by Crippen LogP contribution is -2.33. The number of fused-ring (bicyclic) bond motifs is 1. The van der Waals surface area contributed by atoms with E-state index in [-0.39, 0.29) is 22.1 Å². The quantitative estimate of drug-likeness (QED) is 0.443. The molecule has 1 saturated heterocycles. The molecule has 1 fully saturated rings. The van der Waals surface area contributed by atoms with E-state index >= 15 is 0 Å². The van der Waals surface area contributed by atoms with Crippen molar-refractivity contribution in [3.63, 3.8) is 0 Å². The molecule has 0 aliphatic carbocycles. The molecule has 0 N–H and O–H groups in total. The summed E-state index contributed by atoms with van der Waals surface area (Å²) in [6.07, 6.45) is -1.14. The fraction of sp³-hybridized carbons (Fsp3) is 0.118. The lowest BCUT2D eigenvalue weighted by molar-refractivity contribution is -0.384. The lowest BCUT2D eigenvalue weighted by Gasteiger charge is -2.15. The van der Waals surface area contributed by atoms with Crippen LogP contribution in [0, 0.1) is 16.0 Å². The maximum absolute atomic E-state index is 12.9. The van der Waals surface area contributed by atoms with Crippen LogP contribution in [-0.2, 0) is 14.4 Å². The van der Waals surface area contributed by atoms with E-state index in [2.05, 4.69) is 5.16 Å². The van der Waals surface area contributed by atoms with Crippen molar-refractivity contribution in [1.29, 1.82) is 0 Å². The van der Waals surface area contributed by atoms with Crippen molar-refractivity contribution >= 4 is 52.1 Å². The maximum atomic E-state index is 12.9. The average molecular weight is 406 g/mol. The van der Waals surface area contributed by atoms with Crippen molar-refractivity contribution in [2.45, 2.75) is 6.10 Å². The van der Waals surface area contributed by atoms with Gasteiger partial charge in [-0.2, -0.15) is 0 Å². The van der Waals surface area contributed by atoms with Gasteiger partial charge in [0.15, 0.2) is 0 Å². The molecule has 2 aromatic carbocycles. The first-order valence-electron chi connectivity index (χ1n) is 7.70. The van der Waals surface area contributed by atoms with E-state index in [0.29, 0.717) is 10.6 Å². The van der Waals surface area contributed by atoms with Crippen LogP contribution in [0.2, 0.25) is 10.0 Å². The van der Waals surface area contributed by atoms with E-state index in [0.717, 1.165) is 11.0 Å². The van der Waals surface area contributed by atoms with E-state index in [9.17, 15) is 19.7 Å². The van der Waals surface area contributed by atoms with Gasteiger partial charge in [0.1, 0.15) is 11.6 Å². The Kier molecular flexibility index (Phi) is 4.09. The van der Waals surface area contributed by atoms with Crippen molar-refractivity contribution in [2.75, 3.05) is 4.90 Å². The van der Waals surface area contributed by atoms with E-state index < -0.39 is 28.8 Å². The van der Waals surface area contributed by atoms with Crippen LogP contribution in [0.3, 0.4) is 0 Å². The molecule has 10 heteroatoms. The van der Waals surface area contributed by atoms with Gasteiger partial charge in [-0.05, 0) is 18.2 Å². The highest BCUT2D eigenvalue weighted by Crippen LogP contribution is 2.37. The van der Waals surface area contributed by atoms with Gasteiger partial charge in [-0.25, -0.2) is 4.90 Å². The molecule has 2 aliphatic rings. The number of carbonyl (C=O) groups excluding carboxylic acids is 2. The summed E-state index contributed by atoms with van der Waals surface area (Å²) >= 11 is 12.1. The molecule has 0 aromatic heterocycles. The highest BCUT2D eigenvalue weighted by atomic mass is 35.5. The van der Waals surface area contributed by atoms with Gasteiger partial charge in [-0.15, -0.1) is 0 Å². The normalized spacial score (nSPS) is 21.1. The number of carbonyl (C=O) groups is 2. The van der Waals surface area contributed by atoms with Gasteiger partial charge in [0.25, 0.3) is 11.6 Å². The number of benzene rings is 2. The zero-order valence-corrected chi connectivity index (χ0v) is 14.8. The first-order chi connectivity index (χ1) is 12.9. The fourth-order valence-corrected chi connectivity index (χ4v) is 3.60. The van der Waals surface area contributed by atoms with Crippen molar-refractivity contribution in [3.8, 4) is 0 Å². The highest BCUT2D eigenvalue weighted by molar-refractivity contribution is 6.39. The second-order valence-electron chi connectivity index (χ2n) is 5.89. The maximum Gasteiger partial charge on any atom is 0.278 e. The van der Waals surface area contributed by atoms with Crippen LogP contribution in [0.1, 0.15) is 5.56 Å². The van der Waals surface area contributed by atoms with Gasteiger partial charge in [0, 0.05) is 22.7 Å². The number of anilines is 1. The number of imide groups is 1. The van der Waals surface area contributed by atoms with Crippen LogP contribution >= 0.6 is 23.2 Å². The van der Waals surface area contributed by atoms with Gasteiger partial charge in [0.05, 0.1) is 15.6 Å². The summed E-state index contributed by atoms with van der Waals surface area (Å²) in [6, 6.07) is 9.92. The lowest BCUT2D eigenvalue weighted by atomic mass is 9.94. The standard InChI is InChI=1S/C17H9Cl2N3O5/c18-8-4-5-11(12(19)6-8)14-13-15(27-20-14)17(24)21(16(13)23)9-2-1-3-10(7-9)22(25)26/h1-7,13,15H/t13-,15-/m1/s1. The molecule has 4 rings (SSSR count). The molecule has 0 radical (unpaired) electrons. The van der Waals surface area contributed by atoms with Crippen LogP contribution in [0.5, 0.6) is 0 Å². The SMILES string of the molecule is O=C1[C@@H]2C(c3ccc(Cl)cc3Cl)=NO[C@H]2C(=O)N1c1cccc([N+](=O)[O-])c1. The molecule has 2 atom stereocenters. The Morgan fingerprint density at radius 3 is 2.59 bits per heavy atom. The van der Waals surface area contributed by atoms with Crippen LogP contribution in [0.4, 0.5) is 11.4 Å². The van der Waals surface area contributed by atoms with Crippen molar-refractivity contribution in [1.82, 2.24) is 0 Å². The van der Waals surface area contributed by atoms with E-state index in [1.165, 1.54) is 24.3 Å². The average Bonchev–Trinajstić information content (AvgIpc) is 3.16. The largest absolute Gasteiger partial charge is 0.381 e. The number of nitrogens with zero attached hydrogens (tertiary/aromatic N) is 3. The van der Waals surface area contributed by atoms with Gasteiger partial charge in [-0.3, -0.25) is 19.7 Å². The van der Waals surface area contributed by atoms with E-state index in [4.69, 9.17) is 28.0 Å². The molecule has 2 amide bonds. The van der Waals surface area contributed by atoms with Gasteiger partial charge in [-0.1, -0.05) is 40.5 Å². The summed E-state index contributed by atoms with van der Waals surface area (Å²) in [4.78, 5) is 42.1. The third-order valence-electron chi connectivity index (χ3n) is 4.32. The summed E-state index contributed by atoms with van der Waals surface area (Å²) in [6.45, 7) is 0. The zero-order chi connectivity index (χ0) is 19.3. The minimum Gasteiger partial charge on any atom is -0.381 e. The molecular weight excluding hydrogens is 397 g/mol. The molecule has 0 unspecified atom stereocenters. The minimum absolute atomic E-state index is 0.0961. The Morgan fingerprint density at radius 1 is 1.11 bits per heavy atom. The van der Waals surface area contributed by atoms with Crippen LogP contribution in [0.15, 0.2) is 47.6 Å². The Bertz CT molecular complexity index is 1040. The van der Waals surface area contributed by atoms with Gasteiger partial charge >= 0.3 is 0 Å². The van der Waals surface area contributed by atoms with Crippen LogP contribution < -0.4 is 4.90 Å². The number of non-ortho nitro benzene ring substituents is 1. The molecule has 0 spiro atoms. The molecule has 0 bridgehead atoms. The van der Waals surface area contributed by atoms with Gasteiger partial charge in [0.2, 0.25) is 12.0 Å². The summed E-state index contributed by atoms with van der Waals surface area (Å²) in [5.41, 5.74) is 0.503. The molecular formula is C17H9Cl2N3O5. The molecule has 8 nitrogen and oxygen atoms in total. The van der Waals surface area contributed by atoms with Crippen LogP contribution in [0.25, 0.3) is 0 Å². The number of nitro benzene ring substituents is 1. The molecule has 136 valence electrons. The Balaban J connectivity index is 1.72. The molecule has 0 saturated carbocycles. The number of hydrogen-bond donors (Lipinski definition) is 0. The second kappa shape index (κ2) is 6.33. The minimum atomic E-state index is -1.14. The van der Waals surface area contributed by atoms with Crippen molar-refractivity contribution in [3.05, 3.63) is 68.2 Å². The first kappa shape index (κ1) is 17.4. The second-order valence-corrected chi connectivity index (χ2v) is 6.74. The fourth-order valence-electron chi connectivity index (χ4n) is 3.10. The monoisotopic (exact) mass is 405 g/mol. The predicted molar refractivity (Wildman–Crippen MR) is 97.0 cm³/mol. The summed E-state index contributed by atoms with van der Waals surface area (Å²) in [5.74, 6) is -2.22. The number of oxime groups is 1. The molecule has 27 heavy (non-hydrogen) atoms. The predicted octanol–water partition coefficient (Wildman–Crippen LogP) is 3.19.